The Bertz CT molecular complexity index is 6690. The van der Waals surface area contributed by atoms with Crippen LogP contribution in [-0.4, -0.2) is 9.13 Å². The van der Waals surface area contributed by atoms with E-state index in [4.69, 9.17) is 0 Å². The molecule has 3 aliphatic rings. The molecule has 5 heterocycles. The third-order valence-electron chi connectivity index (χ3n) is 23.9. The quantitative estimate of drug-likeness (QED) is 0.151. The second-order valence-corrected chi connectivity index (χ2v) is 34.6. The zero-order chi connectivity index (χ0) is 73.5. The fraction of sp³-hybridized carbons (Fsp3) is 0.135. The van der Waals surface area contributed by atoms with Gasteiger partial charge in [0.1, 0.15) is 0 Å². The molecule has 0 spiro atoms. The van der Waals surface area contributed by atoms with E-state index in [0.29, 0.717) is 0 Å². The minimum atomic E-state index is -0.341. The number of hydrogen-bond acceptors (Lipinski definition) is 3. The highest BCUT2D eigenvalue weighted by Gasteiger charge is 2.45. The Balaban J connectivity index is 0.936. The van der Waals surface area contributed by atoms with E-state index in [0.717, 1.165) is 74.2 Å². The molecule has 3 aromatic heterocycles. The third kappa shape index (κ3) is 10.0. The van der Waals surface area contributed by atoms with Crippen LogP contribution in [0.5, 0.6) is 0 Å². The van der Waals surface area contributed by atoms with Gasteiger partial charge in [0.15, 0.2) is 0 Å². The van der Waals surface area contributed by atoms with Crippen molar-refractivity contribution < 1.29 is 0 Å². The van der Waals surface area contributed by atoms with Gasteiger partial charge in [0.05, 0.1) is 56.2 Å². The first kappa shape index (κ1) is 65.0. The highest BCUT2D eigenvalue weighted by atomic mass is 32.1. The number of rotatable bonds is 8. The average Bonchev–Trinajstić information content (AvgIpc) is 1.29. The van der Waals surface area contributed by atoms with Gasteiger partial charge in [-0.15, -0.1) is 11.3 Å². The van der Waals surface area contributed by atoms with Crippen molar-refractivity contribution >= 4 is 109 Å². The van der Waals surface area contributed by atoms with E-state index in [1.54, 1.807) is 0 Å². The lowest BCUT2D eigenvalue weighted by Gasteiger charge is -2.47. The summed E-state index contributed by atoms with van der Waals surface area (Å²) >= 11 is 1.89. The Kier molecular flexibility index (Phi) is 14.4. The van der Waals surface area contributed by atoms with Crippen LogP contribution in [-0.2, 0) is 22.7 Å². The molecular weight excluding hydrogens is 1340 g/mol. The predicted octanol–water partition coefficient (Wildman–Crippen LogP) is 29.1. The molecule has 1 unspecified atom stereocenters. The van der Waals surface area contributed by atoms with Gasteiger partial charge in [-0.3, -0.25) is 0 Å². The molecule has 1 atom stereocenters. The molecule has 0 amide bonds. The van der Waals surface area contributed by atoms with Crippen molar-refractivity contribution in [2.24, 2.45) is 0 Å². The fourth-order valence-electron chi connectivity index (χ4n) is 18.6. The molecule has 5 heteroatoms. The van der Waals surface area contributed by atoms with Crippen molar-refractivity contribution in [1.82, 2.24) is 9.13 Å². The molecule has 1 aliphatic carbocycles. The second kappa shape index (κ2) is 24.1. The van der Waals surface area contributed by atoms with E-state index in [1.165, 1.54) is 142 Å². The third-order valence-corrected chi connectivity index (χ3v) is 25.1. The van der Waals surface area contributed by atoms with Gasteiger partial charge in [0.25, 0.3) is 0 Å². The van der Waals surface area contributed by atoms with Gasteiger partial charge in [-0.2, -0.15) is 0 Å². The highest BCUT2D eigenvalue weighted by Crippen LogP contribution is 2.66. The Labute approximate surface area is 641 Å². The lowest BCUT2D eigenvalue weighted by molar-refractivity contribution is 0.589. The minimum Gasteiger partial charge on any atom is -0.309 e. The maximum atomic E-state index is 2.76. The van der Waals surface area contributed by atoms with Gasteiger partial charge < -0.3 is 18.9 Å². The number of fused-ring (bicyclic) bond motifs is 18. The number of aromatic nitrogens is 2. The van der Waals surface area contributed by atoms with E-state index < -0.39 is 0 Å². The summed E-state index contributed by atoms with van der Waals surface area (Å²) in [6, 6.07) is 121. The monoisotopic (exact) mass is 1420 g/mol. The summed E-state index contributed by atoms with van der Waals surface area (Å²) in [7, 11) is 0. The van der Waals surface area contributed by atoms with E-state index in [9.17, 15) is 0 Å². The lowest BCUT2D eigenvalue weighted by atomic mass is 9.73. The van der Waals surface area contributed by atoms with Crippen molar-refractivity contribution in [2.45, 2.75) is 90.9 Å². The number of para-hydroxylation sites is 2. The summed E-state index contributed by atoms with van der Waals surface area (Å²) in [6.07, 6.45) is 0.925. The Morgan fingerprint density at radius 3 is 1.18 bits per heavy atom. The van der Waals surface area contributed by atoms with Crippen LogP contribution in [0.2, 0.25) is 0 Å². The smallest absolute Gasteiger partial charge is 0.0618 e. The van der Waals surface area contributed by atoms with E-state index in [2.05, 4.69) is 397 Å². The molecule has 524 valence electrons. The van der Waals surface area contributed by atoms with Gasteiger partial charge in [0, 0.05) is 86.8 Å². The number of thiophene rings is 1. The molecule has 2 aliphatic heterocycles. The van der Waals surface area contributed by atoms with Gasteiger partial charge in [0.2, 0.25) is 0 Å². The van der Waals surface area contributed by atoms with Crippen LogP contribution in [0.1, 0.15) is 113 Å². The van der Waals surface area contributed by atoms with Crippen LogP contribution in [0.25, 0.3) is 131 Å². The molecule has 4 nitrogen and oxygen atoms in total. The van der Waals surface area contributed by atoms with Crippen molar-refractivity contribution in [1.29, 1.82) is 0 Å². The first-order chi connectivity index (χ1) is 53.0. The molecule has 15 aromatic carbocycles. The highest BCUT2D eigenvalue weighted by molar-refractivity contribution is 7.26. The Morgan fingerprint density at radius 1 is 0.294 bits per heavy atom. The SMILES string of the molecule is CC(C)(C)c1cc(-c2ccccc2)c(N2c3cc(-n4c5ccccc5c5c6c(ccc54)Cc4ccccc4-6)ccc3C3c4ccc(-n5c6ccccc6c6c7c(ccc65)sc5ccccc57)cc4N(c4c(-c5ccccc5)cc(C(C)(C)C)cc4-c4ccccc4)c4cc(C(C)(C)C)cc2c43)c(-c2ccccc2)c1. The summed E-state index contributed by atoms with van der Waals surface area (Å²) in [5.74, 6) is -0.254. The number of benzene rings is 15. The largest absolute Gasteiger partial charge is 0.309 e. The van der Waals surface area contributed by atoms with Crippen LogP contribution in [0.15, 0.2) is 315 Å². The van der Waals surface area contributed by atoms with Crippen molar-refractivity contribution in [3.8, 4) is 67.0 Å². The van der Waals surface area contributed by atoms with E-state index >= 15 is 0 Å². The summed E-state index contributed by atoms with van der Waals surface area (Å²) < 4.78 is 7.75. The van der Waals surface area contributed by atoms with Crippen molar-refractivity contribution in [2.75, 3.05) is 9.80 Å². The van der Waals surface area contributed by atoms with Gasteiger partial charge in [-0.05, 0) is 192 Å². The van der Waals surface area contributed by atoms with Crippen LogP contribution in [0.4, 0.5) is 34.1 Å². The zero-order valence-corrected chi connectivity index (χ0v) is 63.8. The predicted molar refractivity (Wildman–Crippen MR) is 464 cm³/mol. The van der Waals surface area contributed by atoms with Crippen LogP contribution in [0.3, 0.4) is 0 Å². The van der Waals surface area contributed by atoms with Crippen LogP contribution in [0, 0.1) is 0 Å². The Morgan fingerprint density at radius 2 is 0.697 bits per heavy atom. The molecule has 0 N–H and O–H groups in total. The first-order valence-corrected chi connectivity index (χ1v) is 39.4. The van der Waals surface area contributed by atoms with Gasteiger partial charge >= 0.3 is 0 Å². The van der Waals surface area contributed by atoms with Crippen LogP contribution < -0.4 is 9.80 Å². The molecule has 109 heavy (non-hydrogen) atoms. The number of nitrogens with zero attached hydrogens (tertiary/aromatic N) is 4. The summed E-state index contributed by atoms with van der Waals surface area (Å²) in [4.78, 5) is 5.51. The van der Waals surface area contributed by atoms with Gasteiger partial charge in [-0.25, -0.2) is 0 Å². The first-order valence-electron chi connectivity index (χ1n) is 38.6. The molecule has 0 saturated heterocycles. The number of anilines is 6. The fourth-order valence-corrected chi connectivity index (χ4v) is 19.8. The zero-order valence-electron chi connectivity index (χ0n) is 63.0. The molecule has 0 fully saturated rings. The standard InChI is InChI=1S/C104H82N4S/c1-102(2,3)69-55-80(63-30-14-10-15-31-63)100(81(56-69)64-32-16-11-17-33-64)107-88-61-72(105-84-43-27-24-40-75(84)96-86(105)51-46-68-54-67-38-22-23-39-74(67)94(68)96)47-49-77(88)95-78-50-48-73(106-85-44-28-25-41-76(85)97-87(106)52-53-93-98(97)79-42-26-29-45-92(79)109-93)62-89(78)108(91-60-71(104(7,8)9)59-90(107)99(91)95)101-82(65-34-18-12-19-35-65)57-70(103(4,5)6)58-83(101)66-36-20-13-21-37-66/h10-53,55-62,95H,54H2,1-9H3. The lowest BCUT2D eigenvalue weighted by Crippen LogP contribution is -2.31. The molecule has 18 aromatic rings. The van der Waals surface area contributed by atoms with Gasteiger partial charge in [-0.1, -0.05) is 281 Å². The summed E-state index contributed by atoms with van der Waals surface area (Å²) in [5.41, 5.74) is 35.4. The van der Waals surface area contributed by atoms with Crippen LogP contribution >= 0.6 is 11.3 Å². The normalized spacial score (nSPS) is 13.9. The van der Waals surface area contributed by atoms with E-state index in [-0.39, 0.29) is 22.2 Å². The molecule has 21 rings (SSSR count). The minimum absolute atomic E-state index is 0.200. The summed E-state index contributed by atoms with van der Waals surface area (Å²) in [6.45, 7) is 21.4. The molecule has 0 bridgehead atoms. The molecular formula is C104H82N4S. The Hall–Kier alpha value is -12.3. The maximum absolute atomic E-state index is 2.76. The van der Waals surface area contributed by atoms with Crippen molar-refractivity contribution in [3.63, 3.8) is 0 Å². The number of hydrogen-bond donors (Lipinski definition) is 0. The van der Waals surface area contributed by atoms with Crippen molar-refractivity contribution in [3.05, 3.63) is 360 Å². The second-order valence-electron chi connectivity index (χ2n) is 33.5. The molecule has 0 saturated carbocycles. The average molecular weight is 1420 g/mol. The molecule has 0 radical (unpaired) electrons. The maximum Gasteiger partial charge on any atom is 0.0618 e. The summed E-state index contributed by atoms with van der Waals surface area (Å²) in [5, 5.41) is 7.72. The van der Waals surface area contributed by atoms with E-state index in [1.807, 2.05) is 11.3 Å². The topological polar surface area (TPSA) is 16.3 Å².